The number of nitrogens with zero attached hydrogens (tertiary/aromatic N) is 2. The van der Waals surface area contributed by atoms with E-state index in [1.165, 1.54) is 11.6 Å². The van der Waals surface area contributed by atoms with Crippen LogP contribution in [0.3, 0.4) is 0 Å². The van der Waals surface area contributed by atoms with Crippen LogP contribution in [0.5, 0.6) is 5.75 Å². The van der Waals surface area contributed by atoms with E-state index < -0.39 is 21.8 Å². The monoisotopic (exact) mass is 391 g/mol. The van der Waals surface area contributed by atoms with Gasteiger partial charge in [-0.25, -0.2) is 8.42 Å². The number of hydrogen-bond donors (Lipinski definition) is 1. The molecule has 6 nitrogen and oxygen atoms in total. The van der Waals surface area contributed by atoms with Gasteiger partial charge in [0, 0.05) is 7.05 Å². The van der Waals surface area contributed by atoms with Crippen molar-refractivity contribution in [1.29, 1.82) is 0 Å². The van der Waals surface area contributed by atoms with Gasteiger partial charge in [-0.3, -0.25) is 9.40 Å². The van der Waals surface area contributed by atoms with Crippen molar-refractivity contribution in [2.45, 2.75) is 38.3 Å². The number of ether oxygens (including phenoxy) is 1. The van der Waals surface area contributed by atoms with Crippen LogP contribution in [0.1, 0.15) is 30.3 Å². The molecule has 0 saturated carbocycles. The Morgan fingerprint density at radius 1 is 1.27 bits per heavy atom. The second-order valence-corrected chi connectivity index (χ2v) is 7.41. The Morgan fingerprint density at radius 3 is 2.42 bits per heavy atom. The van der Waals surface area contributed by atoms with Crippen LogP contribution in [0, 0.1) is 13.8 Å². The third-order valence-electron chi connectivity index (χ3n) is 3.72. The molecule has 0 saturated heterocycles. The summed E-state index contributed by atoms with van der Waals surface area (Å²) in [6.45, 7) is 5.15. The number of benzene rings is 1. The second-order valence-electron chi connectivity index (χ2n) is 5.79. The third-order valence-corrected chi connectivity index (χ3v) is 5.34. The summed E-state index contributed by atoms with van der Waals surface area (Å²) in [5.74, 6) is 0.0302. The van der Waals surface area contributed by atoms with Crippen LogP contribution in [-0.4, -0.2) is 24.8 Å². The molecule has 144 valence electrons. The number of rotatable bonds is 6. The molecular weight excluding hydrogens is 371 g/mol. The van der Waals surface area contributed by atoms with E-state index in [1.54, 1.807) is 14.0 Å². The van der Waals surface area contributed by atoms with Crippen molar-refractivity contribution in [1.82, 2.24) is 9.78 Å². The van der Waals surface area contributed by atoms with Gasteiger partial charge < -0.3 is 4.74 Å². The van der Waals surface area contributed by atoms with E-state index in [-0.39, 0.29) is 28.6 Å². The molecule has 2 aromatic rings. The fourth-order valence-electron chi connectivity index (χ4n) is 2.46. The minimum absolute atomic E-state index is 0.0302. The minimum atomic E-state index is -4.61. The summed E-state index contributed by atoms with van der Waals surface area (Å²) in [6, 6.07) is 2.69. The average molecular weight is 391 g/mol. The summed E-state index contributed by atoms with van der Waals surface area (Å²) in [4.78, 5) is -0.0705. The van der Waals surface area contributed by atoms with Gasteiger partial charge in [-0.15, -0.1) is 0 Å². The van der Waals surface area contributed by atoms with Crippen LogP contribution in [-0.2, 0) is 23.2 Å². The molecule has 1 aromatic carbocycles. The lowest BCUT2D eigenvalue weighted by Gasteiger charge is -2.16. The van der Waals surface area contributed by atoms with Gasteiger partial charge >= 0.3 is 6.18 Å². The molecule has 0 atom stereocenters. The maximum Gasteiger partial charge on any atom is 0.416 e. The Balaban J connectivity index is 2.51. The predicted octanol–water partition coefficient (Wildman–Crippen LogP) is 3.65. The minimum Gasteiger partial charge on any atom is -0.491 e. The molecule has 0 unspecified atom stereocenters. The number of alkyl halides is 3. The Kier molecular flexibility index (Phi) is 5.55. The molecule has 0 aliphatic carbocycles. The first-order valence-electron chi connectivity index (χ1n) is 7.84. The number of sulfonamides is 1. The highest BCUT2D eigenvalue weighted by molar-refractivity contribution is 7.92. The maximum atomic E-state index is 13.0. The second kappa shape index (κ2) is 7.18. The van der Waals surface area contributed by atoms with Gasteiger partial charge in [0.15, 0.2) is 0 Å². The Morgan fingerprint density at radius 2 is 1.92 bits per heavy atom. The first kappa shape index (κ1) is 20.1. The van der Waals surface area contributed by atoms with E-state index in [0.717, 1.165) is 18.2 Å². The number of hydrogen-bond acceptors (Lipinski definition) is 4. The Hall–Kier alpha value is -2.23. The lowest BCUT2D eigenvalue weighted by Crippen LogP contribution is -2.17. The summed E-state index contributed by atoms with van der Waals surface area (Å²) >= 11 is 0. The number of anilines is 1. The quantitative estimate of drug-likeness (QED) is 0.816. The molecular formula is C16H20F3N3O3S. The standard InChI is InChI=1S/C16H20F3N3O3S/c1-5-8-25-14-7-6-12(16(17,18)19)9-13(14)21-26(23,24)15-10(2)20-22(4)11(15)3/h6-7,9,21H,5,8H2,1-4H3. The van der Waals surface area contributed by atoms with Crippen molar-refractivity contribution in [2.75, 3.05) is 11.3 Å². The van der Waals surface area contributed by atoms with Crippen LogP contribution in [0.25, 0.3) is 0 Å². The highest BCUT2D eigenvalue weighted by Gasteiger charge is 2.32. The molecule has 1 aromatic heterocycles. The van der Waals surface area contributed by atoms with Gasteiger partial charge in [0.05, 0.1) is 29.2 Å². The normalized spacial score (nSPS) is 12.3. The smallest absolute Gasteiger partial charge is 0.416 e. The first-order valence-corrected chi connectivity index (χ1v) is 9.32. The molecule has 0 bridgehead atoms. The van der Waals surface area contributed by atoms with E-state index >= 15 is 0 Å². The highest BCUT2D eigenvalue weighted by Crippen LogP contribution is 2.36. The summed E-state index contributed by atoms with van der Waals surface area (Å²) < 4.78 is 73.5. The number of halogens is 3. The summed E-state index contributed by atoms with van der Waals surface area (Å²) in [7, 11) is -2.56. The van der Waals surface area contributed by atoms with Gasteiger partial charge in [-0.2, -0.15) is 18.3 Å². The van der Waals surface area contributed by atoms with Gasteiger partial charge in [0.1, 0.15) is 10.6 Å². The van der Waals surface area contributed by atoms with E-state index in [0.29, 0.717) is 12.1 Å². The average Bonchev–Trinajstić information content (AvgIpc) is 2.77. The van der Waals surface area contributed by atoms with Gasteiger partial charge in [0.25, 0.3) is 10.0 Å². The Labute approximate surface area is 150 Å². The zero-order chi connectivity index (χ0) is 19.7. The summed E-state index contributed by atoms with van der Waals surface area (Å²) in [5, 5.41) is 4.03. The molecule has 2 rings (SSSR count). The highest BCUT2D eigenvalue weighted by atomic mass is 32.2. The molecule has 0 aliphatic heterocycles. The van der Waals surface area contributed by atoms with Gasteiger partial charge in [-0.1, -0.05) is 6.92 Å². The lowest BCUT2D eigenvalue weighted by molar-refractivity contribution is -0.137. The van der Waals surface area contributed by atoms with E-state index in [2.05, 4.69) is 9.82 Å². The largest absolute Gasteiger partial charge is 0.491 e. The first-order chi connectivity index (χ1) is 12.0. The molecule has 0 spiro atoms. The SMILES string of the molecule is CCCOc1ccc(C(F)(F)F)cc1NS(=O)(=O)c1c(C)nn(C)c1C. The van der Waals surface area contributed by atoms with E-state index in [4.69, 9.17) is 4.74 Å². The van der Waals surface area contributed by atoms with Crippen molar-refractivity contribution < 1.29 is 26.3 Å². The summed E-state index contributed by atoms with van der Waals surface area (Å²) in [6.07, 6.45) is -3.99. The molecule has 26 heavy (non-hydrogen) atoms. The molecule has 0 aliphatic rings. The van der Waals surface area contributed by atoms with Crippen LogP contribution < -0.4 is 9.46 Å². The lowest BCUT2D eigenvalue weighted by atomic mass is 10.2. The van der Waals surface area contributed by atoms with Crippen molar-refractivity contribution in [3.63, 3.8) is 0 Å². The van der Waals surface area contributed by atoms with Gasteiger partial charge in [-0.05, 0) is 38.5 Å². The van der Waals surface area contributed by atoms with E-state index in [9.17, 15) is 21.6 Å². The zero-order valence-electron chi connectivity index (χ0n) is 14.8. The molecule has 1 N–H and O–H groups in total. The number of aromatic nitrogens is 2. The molecule has 10 heteroatoms. The number of aryl methyl sites for hydroxylation is 2. The third kappa shape index (κ3) is 4.12. The van der Waals surface area contributed by atoms with E-state index in [1.807, 2.05) is 6.92 Å². The predicted molar refractivity (Wildman–Crippen MR) is 90.7 cm³/mol. The molecule has 0 radical (unpaired) electrons. The van der Waals surface area contributed by atoms with Crippen molar-refractivity contribution in [2.24, 2.45) is 7.05 Å². The van der Waals surface area contributed by atoms with Crippen LogP contribution in [0.15, 0.2) is 23.1 Å². The van der Waals surface area contributed by atoms with Crippen molar-refractivity contribution in [3.8, 4) is 5.75 Å². The zero-order valence-corrected chi connectivity index (χ0v) is 15.6. The Bertz CT molecular complexity index is 905. The van der Waals surface area contributed by atoms with Crippen LogP contribution in [0.4, 0.5) is 18.9 Å². The van der Waals surface area contributed by atoms with Crippen LogP contribution in [0.2, 0.25) is 0 Å². The summed E-state index contributed by atoms with van der Waals surface area (Å²) in [5.41, 5.74) is -0.617. The van der Waals surface area contributed by atoms with Crippen molar-refractivity contribution >= 4 is 15.7 Å². The fraction of sp³-hybridized carbons (Fsp3) is 0.438. The van der Waals surface area contributed by atoms with Gasteiger partial charge in [0.2, 0.25) is 0 Å². The molecule has 0 amide bonds. The maximum absolute atomic E-state index is 13.0. The van der Waals surface area contributed by atoms with Crippen molar-refractivity contribution in [3.05, 3.63) is 35.2 Å². The van der Waals surface area contributed by atoms with Crippen LogP contribution >= 0.6 is 0 Å². The number of nitrogens with one attached hydrogen (secondary N) is 1. The molecule has 1 heterocycles. The molecule has 0 fully saturated rings. The fourth-order valence-corrected chi connectivity index (χ4v) is 3.96. The topological polar surface area (TPSA) is 73.2 Å².